The molecule has 1 unspecified atom stereocenters. The highest BCUT2D eigenvalue weighted by molar-refractivity contribution is 7.57. The van der Waals surface area contributed by atoms with E-state index in [-0.39, 0.29) is 25.8 Å². The van der Waals surface area contributed by atoms with Gasteiger partial charge in [0.05, 0.1) is 40.0 Å². The highest BCUT2D eigenvalue weighted by Gasteiger charge is 2.59. The van der Waals surface area contributed by atoms with Crippen LogP contribution < -0.4 is 0 Å². The molecular weight excluding hydrogens is 390 g/mol. The molecule has 0 aliphatic carbocycles. The molecule has 0 aromatic rings. The van der Waals surface area contributed by atoms with Gasteiger partial charge >= 0.3 is 27.1 Å². The molecule has 0 saturated carbocycles. The molecule has 12 heteroatoms. The summed E-state index contributed by atoms with van der Waals surface area (Å²) in [6.07, 6.45) is -1.34. The van der Waals surface area contributed by atoms with Crippen molar-refractivity contribution in [3.8, 4) is 0 Å². The summed E-state index contributed by atoms with van der Waals surface area (Å²) in [7, 11) is -3.47. The molecule has 0 fully saturated rings. The van der Waals surface area contributed by atoms with Gasteiger partial charge in [0.2, 0.25) is 0 Å². The van der Waals surface area contributed by atoms with Crippen LogP contribution in [-0.4, -0.2) is 64.9 Å². The summed E-state index contributed by atoms with van der Waals surface area (Å²) in [5.41, 5.74) is 0. The topological polar surface area (TPSA) is 124 Å². The van der Waals surface area contributed by atoms with E-state index in [0.717, 1.165) is 28.4 Å². The number of esters is 2. The van der Waals surface area contributed by atoms with E-state index >= 15 is 0 Å². The molecule has 0 aliphatic rings. The number of carbonyl (C=O) groups excluding carboxylic acids is 2. The van der Waals surface area contributed by atoms with Crippen LogP contribution in [0.25, 0.3) is 0 Å². The molecule has 0 aromatic heterocycles. The maximum atomic E-state index is 13.1. The van der Waals surface area contributed by atoms with Crippen molar-refractivity contribution in [3.05, 3.63) is 0 Å². The fourth-order valence-electron chi connectivity index (χ4n) is 2.41. The van der Waals surface area contributed by atoms with Crippen LogP contribution in [0.15, 0.2) is 0 Å². The van der Waals surface area contributed by atoms with Gasteiger partial charge in [0.15, 0.2) is 5.16 Å². The first-order chi connectivity index (χ1) is 12.1. The van der Waals surface area contributed by atoms with Gasteiger partial charge in [-0.25, -0.2) is 0 Å². The fourth-order valence-corrected chi connectivity index (χ4v) is 6.24. The molecule has 154 valence electrons. The van der Waals surface area contributed by atoms with Gasteiger partial charge in [-0.3, -0.25) is 18.7 Å². The lowest BCUT2D eigenvalue weighted by Crippen LogP contribution is -2.43. The maximum Gasteiger partial charge on any atom is 0.348 e. The van der Waals surface area contributed by atoms with Crippen molar-refractivity contribution in [3.63, 3.8) is 0 Å². The molecule has 0 rings (SSSR count). The van der Waals surface area contributed by atoms with Crippen molar-refractivity contribution in [1.82, 2.24) is 0 Å². The van der Waals surface area contributed by atoms with Crippen molar-refractivity contribution in [2.45, 2.75) is 31.8 Å². The number of rotatable bonds is 13. The molecule has 10 nitrogen and oxygen atoms in total. The van der Waals surface area contributed by atoms with E-state index in [4.69, 9.17) is 22.8 Å². The van der Waals surface area contributed by atoms with E-state index in [1.807, 2.05) is 0 Å². The van der Waals surface area contributed by atoms with Gasteiger partial charge in [-0.05, 0) is 20.3 Å². The molecular formula is C14H28O10P2. The molecule has 0 bridgehead atoms. The Kier molecular flexibility index (Phi) is 10.8. The summed E-state index contributed by atoms with van der Waals surface area (Å²) < 4.78 is 55.5. The standard InChI is InChI=1S/C14H28O10P2/c1-7-23-25(17,24-8-2)10-9-14(13(16)20-4,11-12(15)19-3)26(18,21-5)22-6/h7-11H2,1-6H3. The van der Waals surface area contributed by atoms with Gasteiger partial charge in [-0.15, -0.1) is 0 Å². The molecule has 0 heterocycles. The molecule has 0 aliphatic heterocycles. The Balaban J connectivity index is 6.10. The largest absolute Gasteiger partial charge is 0.469 e. The zero-order valence-electron chi connectivity index (χ0n) is 16.0. The molecule has 0 radical (unpaired) electrons. The van der Waals surface area contributed by atoms with E-state index < -0.39 is 38.7 Å². The Morgan fingerprint density at radius 2 is 1.38 bits per heavy atom. The zero-order chi connectivity index (χ0) is 20.4. The molecule has 26 heavy (non-hydrogen) atoms. The van der Waals surface area contributed by atoms with Crippen LogP contribution in [0.4, 0.5) is 0 Å². The monoisotopic (exact) mass is 418 g/mol. The third-order valence-corrected chi connectivity index (χ3v) is 8.33. The van der Waals surface area contributed by atoms with E-state index in [1.54, 1.807) is 13.8 Å². The Bertz CT molecular complexity index is 546. The third-order valence-electron chi connectivity index (χ3n) is 3.69. The zero-order valence-corrected chi connectivity index (χ0v) is 17.8. The van der Waals surface area contributed by atoms with Crippen LogP contribution in [0, 0.1) is 0 Å². The summed E-state index contributed by atoms with van der Waals surface area (Å²) >= 11 is 0. The SMILES string of the molecule is CCOP(=O)(CCC(CC(=O)OC)(C(=O)OC)P(=O)(OC)OC)OCC. The minimum atomic E-state index is -4.19. The van der Waals surface area contributed by atoms with Gasteiger partial charge in [0.25, 0.3) is 0 Å². The second kappa shape index (κ2) is 11.2. The maximum absolute atomic E-state index is 13.1. The highest BCUT2D eigenvalue weighted by Crippen LogP contribution is 2.64. The van der Waals surface area contributed by atoms with Crippen molar-refractivity contribution in [2.24, 2.45) is 0 Å². The van der Waals surface area contributed by atoms with E-state index in [9.17, 15) is 18.7 Å². The molecule has 0 spiro atoms. The fraction of sp³-hybridized carbons (Fsp3) is 0.857. The average molecular weight is 418 g/mol. The Morgan fingerprint density at radius 3 is 1.73 bits per heavy atom. The normalized spacial score (nSPS) is 14.5. The van der Waals surface area contributed by atoms with Crippen molar-refractivity contribution in [1.29, 1.82) is 0 Å². The first-order valence-electron chi connectivity index (χ1n) is 7.89. The summed E-state index contributed by atoms with van der Waals surface area (Å²) in [6, 6.07) is 0. The second-order valence-corrected chi connectivity index (χ2v) is 9.83. The number of hydrogen-bond acceptors (Lipinski definition) is 10. The highest BCUT2D eigenvalue weighted by atomic mass is 31.2. The minimum absolute atomic E-state index is 0.103. The molecule has 1 atom stereocenters. The molecule has 0 N–H and O–H groups in total. The molecule has 0 aromatic carbocycles. The smallest absolute Gasteiger partial charge is 0.348 e. The van der Waals surface area contributed by atoms with E-state index in [0.29, 0.717) is 0 Å². The van der Waals surface area contributed by atoms with Crippen molar-refractivity contribution < 1.29 is 46.3 Å². The summed E-state index contributed by atoms with van der Waals surface area (Å²) in [5, 5.41) is -2.07. The third kappa shape index (κ3) is 5.87. The number of ether oxygens (including phenoxy) is 2. The van der Waals surface area contributed by atoms with Gasteiger partial charge in [-0.2, -0.15) is 0 Å². The molecule has 0 amide bonds. The van der Waals surface area contributed by atoms with E-state index in [1.165, 1.54) is 0 Å². The Hall–Kier alpha value is -0.760. The quantitative estimate of drug-likeness (QED) is 0.326. The van der Waals surface area contributed by atoms with Crippen molar-refractivity contribution >= 4 is 27.1 Å². The van der Waals surface area contributed by atoms with Crippen molar-refractivity contribution in [2.75, 3.05) is 47.8 Å². The second-order valence-electron chi connectivity index (χ2n) is 5.06. The van der Waals surface area contributed by atoms with Gasteiger partial charge in [-0.1, -0.05) is 0 Å². The Morgan fingerprint density at radius 1 is 0.885 bits per heavy atom. The first-order valence-corrected chi connectivity index (χ1v) is 11.2. The predicted molar refractivity (Wildman–Crippen MR) is 93.3 cm³/mol. The Labute approximate surface area is 153 Å². The average Bonchev–Trinajstić information content (AvgIpc) is 2.63. The minimum Gasteiger partial charge on any atom is -0.469 e. The number of methoxy groups -OCH3 is 2. The van der Waals surface area contributed by atoms with Gasteiger partial charge in [0.1, 0.15) is 0 Å². The number of carbonyl (C=O) groups is 2. The van der Waals surface area contributed by atoms with Crippen LogP contribution in [0.1, 0.15) is 26.7 Å². The molecule has 0 saturated heterocycles. The van der Waals surface area contributed by atoms with Gasteiger partial charge < -0.3 is 27.6 Å². The first kappa shape index (κ1) is 25.2. The summed E-state index contributed by atoms with van der Waals surface area (Å²) in [4.78, 5) is 24.5. The van der Waals surface area contributed by atoms with Crippen LogP contribution in [0.5, 0.6) is 0 Å². The predicted octanol–water partition coefficient (Wildman–Crippen LogP) is 2.60. The van der Waals surface area contributed by atoms with Crippen LogP contribution in [-0.2, 0) is 46.3 Å². The lowest BCUT2D eigenvalue weighted by atomic mass is 10.0. The van der Waals surface area contributed by atoms with E-state index in [2.05, 4.69) is 4.74 Å². The number of hydrogen-bond donors (Lipinski definition) is 0. The summed E-state index contributed by atoms with van der Waals surface area (Å²) in [5.74, 6) is -1.86. The van der Waals surface area contributed by atoms with Crippen LogP contribution in [0.2, 0.25) is 0 Å². The lowest BCUT2D eigenvalue weighted by molar-refractivity contribution is -0.151. The summed E-state index contributed by atoms with van der Waals surface area (Å²) in [6.45, 7) is 3.46. The van der Waals surface area contributed by atoms with Crippen LogP contribution in [0.3, 0.4) is 0 Å². The van der Waals surface area contributed by atoms with Gasteiger partial charge in [0, 0.05) is 14.2 Å². The lowest BCUT2D eigenvalue weighted by Gasteiger charge is -2.35. The van der Waals surface area contributed by atoms with Crippen LogP contribution >= 0.6 is 15.2 Å².